The molecule has 2 N–H and O–H groups in total. The maximum atomic E-state index is 12.0. The summed E-state index contributed by atoms with van der Waals surface area (Å²) < 4.78 is 41.9. The van der Waals surface area contributed by atoms with Crippen molar-refractivity contribution in [3.63, 3.8) is 0 Å². The van der Waals surface area contributed by atoms with Crippen molar-refractivity contribution < 1.29 is 52.3 Å². The fraction of sp³-hybridized carbons (Fsp3) is 0.536. The Balaban J connectivity index is 1.41. The van der Waals surface area contributed by atoms with Crippen LogP contribution in [0.25, 0.3) is 11.2 Å². The van der Waals surface area contributed by atoms with Crippen molar-refractivity contribution in [2.75, 3.05) is 18.9 Å². The number of fused-ring (bicyclic) bond motifs is 1. The van der Waals surface area contributed by atoms with E-state index in [9.17, 15) is 19.2 Å². The van der Waals surface area contributed by atoms with Crippen LogP contribution in [0, 0.1) is 0 Å². The monoisotopic (exact) mass is 727 g/mol. The molecule has 4 heterocycles. The zero-order valence-corrected chi connectivity index (χ0v) is 27.9. The first-order chi connectivity index (χ1) is 21.9. The minimum atomic E-state index is -1.30. The molecule has 0 radical (unpaired) electrons. The first kappa shape index (κ1) is 35.0. The van der Waals surface area contributed by atoms with E-state index in [0.29, 0.717) is 37.2 Å². The van der Waals surface area contributed by atoms with Crippen LogP contribution in [0.4, 0.5) is 5.95 Å². The van der Waals surface area contributed by atoms with E-state index in [1.54, 1.807) is 17.7 Å². The molecule has 16 nitrogen and oxygen atoms in total. The molecule has 3 aromatic heterocycles. The lowest BCUT2D eigenvalue weighted by Gasteiger charge is -2.44. The molecule has 0 bridgehead atoms. The van der Waals surface area contributed by atoms with Gasteiger partial charge in [-0.1, -0.05) is 0 Å². The fourth-order valence-electron chi connectivity index (χ4n) is 4.67. The molecule has 1 fully saturated rings. The highest BCUT2D eigenvalue weighted by Gasteiger charge is 2.52. The van der Waals surface area contributed by atoms with Crippen LogP contribution in [0.2, 0.25) is 0 Å². The number of thiophene rings is 1. The van der Waals surface area contributed by atoms with Crippen LogP contribution in [0.1, 0.15) is 45.4 Å². The highest BCUT2D eigenvalue weighted by Crippen LogP contribution is 2.30. The second kappa shape index (κ2) is 16.1. The molecule has 0 unspecified atom stereocenters. The molecule has 0 aliphatic carbocycles. The first-order valence-electron chi connectivity index (χ1n) is 14.2. The van der Waals surface area contributed by atoms with E-state index >= 15 is 0 Å². The van der Waals surface area contributed by atoms with Crippen molar-refractivity contribution in [1.29, 1.82) is 0 Å². The number of carbonyl (C=O) groups excluding carboxylic acids is 4. The third kappa shape index (κ3) is 9.57. The number of aromatic nitrogens is 4. The number of nitrogens with zero attached hydrogens (tertiary/aromatic N) is 4. The van der Waals surface area contributed by atoms with Crippen molar-refractivity contribution in [1.82, 2.24) is 19.5 Å². The zero-order valence-electron chi connectivity index (χ0n) is 25.5. The molecule has 1 aliphatic rings. The fourth-order valence-corrected chi connectivity index (χ4v) is 6.04. The van der Waals surface area contributed by atoms with Gasteiger partial charge in [0.25, 0.3) is 0 Å². The summed E-state index contributed by atoms with van der Waals surface area (Å²) in [6.45, 7) is 5.24. The van der Waals surface area contributed by atoms with Gasteiger partial charge < -0.3 is 43.5 Å². The van der Waals surface area contributed by atoms with Gasteiger partial charge in [-0.25, -0.2) is 4.98 Å². The number of nitrogens with two attached hydrogens (primary N) is 1. The molecule has 250 valence electrons. The Labute approximate surface area is 275 Å². The summed E-state index contributed by atoms with van der Waals surface area (Å²) in [6, 6.07) is 1.95. The molecule has 18 heteroatoms. The standard InChI is InChI=1S/C28H34BrN5O11S/c1-14(35)40-11-20-22(42-15(2)36)23(43-16(3)37)24(44-17(4)38)27(45-20)39-8-6-5-7-34-13-31-21-25(34)32-28(30)33-26(21)41-10-19-9-18(29)12-46-19/h9,12-13,20,22-24,27H,5-8,10-11H2,1-4H3,(H2,30,32,33)/t20-,22-,23+,24-,27-/m1/s1. The molecule has 4 rings (SSSR count). The van der Waals surface area contributed by atoms with E-state index in [1.807, 2.05) is 16.0 Å². The van der Waals surface area contributed by atoms with Crippen LogP contribution in [0.5, 0.6) is 5.88 Å². The largest absolute Gasteiger partial charge is 0.470 e. The van der Waals surface area contributed by atoms with Gasteiger partial charge in [-0.05, 0) is 34.8 Å². The molecule has 0 spiro atoms. The van der Waals surface area contributed by atoms with Crippen molar-refractivity contribution in [2.24, 2.45) is 0 Å². The Bertz CT molecular complexity index is 1550. The van der Waals surface area contributed by atoms with Crippen LogP contribution < -0.4 is 10.5 Å². The van der Waals surface area contributed by atoms with Crippen molar-refractivity contribution >= 4 is 68.3 Å². The Morgan fingerprint density at radius 2 is 1.67 bits per heavy atom. The number of carbonyl (C=O) groups is 4. The average Bonchev–Trinajstić information content (AvgIpc) is 3.58. The number of rotatable bonds is 14. The van der Waals surface area contributed by atoms with E-state index in [0.717, 1.165) is 30.1 Å². The highest BCUT2D eigenvalue weighted by atomic mass is 79.9. The lowest BCUT2D eigenvalue weighted by atomic mass is 9.98. The number of unbranched alkanes of at least 4 members (excludes halogenated alkanes) is 1. The molecule has 1 saturated heterocycles. The molecule has 5 atom stereocenters. The smallest absolute Gasteiger partial charge is 0.303 e. The van der Waals surface area contributed by atoms with Gasteiger partial charge in [0.2, 0.25) is 11.8 Å². The second-order valence-electron chi connectivity index (χ2n) is 10.2. The van der Waals surface area contributed by atoms with Gasteiger partial charge in [-0.15, -0.1) is 11.3 Å². The molecule has 1 aliphatic heterocycles. The molecule has 0 saturated carbocycles. The van der Waals surface area contributed by atoms with E-state index in [4.69, 9.17) is 38.9 Å². The van der Waals surface area contributed by atoms with Crippen molar-refractivity contribution in [3.8, 4) is 5.88 Å². The molecule has 46 heavy (non-hydrogen) atoms. The summed E-state index contributed by atoms with van der Waals surface area (Å²) in [7, 11) is 0. The summed E-state index contributed by atoms with van der Waals surface area (Å²) in [4.78, 5) is 61.4. The molecule has 0 aromatic carbocycles. The molecule has 0 amide bonds. The van der Waals surface area contributed by atoms with Gasteiger partial charge in [0, 0.05) is 55.6 Å². The van der Waals surface area contributed by atoms with Gasteiger partial charge in [0.1, 0.15) is 19.3 Å². The van der Waals surface area contributed by atoms with E-state index in [1.165, 1.54) is 6.92 Å². The Hall–Kier alpha value is -3.87. The number of ether oxygens (including phenoxy) is 7. The summed E-state index contributed by atoms with van der Waals surface area (Å²) in [5.74, 6) is -2.44. The quantitative estimate of drug-likeness (QED) is 0.144. The number of nitrogen functional groups attached to an aromatic ring is 1. The molecular formula is C28H34BrN5O11S. The van der Waals surface area contributed by atoms with Crippen molar-refractivity contribution in [3.05, 3.63) is 27.1 Å². The highest BCUT2D eigenvalue weighted by molar-refractivity contribution is 9.10. The maximum Gasteiger partial charge on any atom is 0.303 e. The van der Waals surface area contributed by atoms with E-state index in [-0.39, 0.29) is 25.0 Å². The maximum absolute atomic E-state index is 12.0. The van der Waals surface area contributed by atoms with Gasteiger partial charge in [-0.3, -0.25) is 19.2 Å². The minimum Gasteiger partial charge on any atom is -0.470 e. The third-order valence-electron chi connectivity index (χ3n) is 6.45. The first-order valence-corrected chi connectivity index (χ1v) is 15.8. The van der Waals surface area contributed by atoms with Gasteiger partial charge in [-0.2, -0.15) is 9.97 Å². The predicted octanol–water partition coefficient (Wildman–Crippen LogP) is 2.69. The SMILES string of the molecule is CC(=O)OC[C@H]1O[C@@H](OCCCCn2cnc3c(OCc4cc(Br)cs4)nc(N)nc32)[C@H](OC(C)=O)[C@@H](OC(C)=O)[C@@H]1OC(C)=O. The summed E-state index contributed by atoms with van der Waals surface area (Å²) in [5.41, 5.74) is 6.94. The lowest BCUT2D eigenvalue weighted by molar-refractivity contribution is -0.308. The second-order valence-corrected chi connectivity index (χ2v) is 12.1. The van der Waals surface area contributed by atoms with Crippen LogP contribution in [-0.4, -0.2) is 87.3 Å². The molecule has 3 aromatic rings. The average molecular weight is 729 g/mol. The third-order valence-corrected chi connectivity index (χ3v) is 8.12. The number of anilines is 1. The minimum absolute atomic E-state index is 0.0450. The van der Waals surface area contributed by atoms with Gasteiger partial charge >= 0.3 is 23.9 Å². The molecular weight excluding hydrogens is 694 g/mol. The number of esters is 4. The van der Waals surface area contributed by atoms with Gasteiger partial charge in [0.05, 0.1) is 6.33 Å². The van der Waals surface area contributed by atoms with E-state index in [2.05, 4.69) is 30.9 Å². The summed E-state index contributed by atoms with van der Waals surface area (Å²) in [6.07, 6.45) is -3.46. The van der Waals surface area contributed by atoms with Crippen LogP contribution >= 0.6 is 27.3 Å². The Kier molecular flexibility index (Phi) is 12.3. The number of imidazole rings is 1. The Morgan fingerprint density at radius 3 is 2.33 bits per heavy atom. The number of halogens is 1. The number of hydrogen-bond donors (Lipinski definition) is 1. The van der Waals surface area contributed by atoms with E-state index < -0.39 is 54.6 Å². The lowest BCUT2D eigenvalue weighted by Crippen LogP contribution is -2.63. The zero-order chi connectivity index (χ0) is 33.4. The van der Waals surface area contributed by atoms with Crippen LogP contribution in [0.15, 0.2) is 22.2 Å². The van der Waals surface area contributed by atoms with Crippen molar-refractivity contribution in [2.45, 2.75) is 84.4 Å². The summed E-state index contributed by atoms with van der Waals surface area (Å²) in [5, 5.41) is 1.96. The van der Waals surface area contributed by atoms with Crippen LogP contribution in [-0.2, 0) is 60.8 Å². The van der Waals surface area contributed by atoms with Crippen LogP contribution in [0.3, 0.4) is 0 Å². The normalized spacial score (nSPS) is 21.0. The number of hydrogen-bond acceptors (Lipinski definition) is 16. The topological polar surface area (TPSA) is 203 Å². The summed E-state index contributed by atoms with van der Waals surface area (Å²) >= 11 is 4.97. The number of aryl methyl sites for hydroxylation is 1. The van der Waals surface area contributed by atoms with Gasteiger partial charge in [0.15, 0.2) is 35.8 Å². The Morgan fingerprint density at radius 1 is 0.978 bits per heavy atom. The predicted molar refractivity (Wildman–Crippen MR) is 163 cm³/mol.